The zero-order chi connectivity index (χ0) is 19.8. The van der Waals surface area contributed by atoms with Crippen molar-refractivity contribution in [3.05, 3.63) is 70.1 Å². The fourth-order valence-corrected chi connectivity index (χ4v) is 2.93. The van der Waals surface area contributed by atoms with Crippen LogP contribution >= 0.6 is 0 Å². The average molecular weight is 378 g/mol. The molecule has 0 bridgehead atoms. The van der Waals surface area contributed by atoms with Gasteiger partial charge in [0.25, 0.3) is 11.8 Å². The van der Waals surface area contributed by atoms with Crippen LogP contribution in [0.2, 0.25) is 0 Å². The van der Waals surface area contributed by atoms with Crippen LogP contribution in [0.1, 0.15) is 16.1 Å². The van der Waals surface area contributed by atoms with Crippen molar-refractivity contribution in [2.75, 3.05) is 16.8 Å². The van der Waals surface area contributed by atoms with E-state index in [4.69, 9.17) is 9.15 Å². The molecule has 3 amide bonds. The summed E-state index contributed by atoms with van der Waals surface area (Å²) in [5, 5.41) is 3.06. The molecule has 0 unspecified atom stereocenters. The van der Waals surface area contributed by atoms with Crippen LogP contribution in [0.3, 0.4) is 0 Å². The van der Waals surface area contributed by atoms with Gasteiger partial charge in [-0.1, -0.05) is 12.1 Å². The SMILES string of the molecule is Cc1cc(N2C(=O)COC2=O)ccc1NC(=O)c1cc(=O)c2ccccc2o1. The predicted molar refractivity (Wildman–Crippen MR) is 100 cm³/mol. The number of anilines is 2. The van der Waals surface area contributed by atoms with Gasteiger partial charge in [-0.25, -0.2) is 9.69 Å². The van der Waals surface area contributed by atoms with Crippen molar-refractivity contribution in [2.24, 2.45) is 0 Å². The van der Waals surface area contributed by atoms with Crippen molar-refractivity contribution in [3.8, 4) is 0 Å². The van der Waals surface area contributed by atoms with E-state index in [2.05, 4.69) is 5.32 Å². The molecule has 2 aromatic carbocycles. The van der Waals surface area contributed by atoms with Crippen molar-refractivity contribution < 1.29 is 23.5 Å². The molecule has 0 aliphatic carbocycles. The Morgan fingerprint density at radius 3 is 2.57 bits per heavy atom. The van der Waals surface area contributed by atoms with E-state index in [1.165, 1.54) is 6.07 Å². The largest absolute Gasteiger partial charge is 0.451 e. The highest BCUT2D eigenvalue weighted by Crippen LogP contribution is 2.26. The molecule has 1 saturated heterocycles. The van der Waals surface area contributed by atoms with E-state index >= 15 is 0 Å². The van der Waals surface area contributed by atoms with Gasteiger partial charge in [0.15, 0.2) is 17.8 Å². The molecule has 4 rings (SSSR count). The van der Waals surface area contributed by atoms with E-state index in [9.17, 15) is 19.2 Å². The van der Waals surface area contributed by atoms with Crippen LogP contribution in [-0.4, -0.2) is 24.5 Å². The number of para-hydroxylation sites is 1. The number of rotatable bonds is 3. The maximum Gasteiger partial charge on any atom is 0.421 e. The molecule has 1 N–H and O–H groups in total. The molecule has 3 aromatic rings. The van der Waals surface area contributed by atoms with E-state index < -0.39 is 17.9 Å². The Hall–Kier alpha value is -3.94. The maximum absolute atomic E-state index is 12.5. The number of aryl methyl sites for hydroxylation is 1. The van der Waals surface area contributed by atoms with Crippen LogP contribution in [0.15, 0.2) is 57.7 Å². The number of hydrogen-bond donors (Lipinski definition) is 1. The van der Waals surface area contributed by atoms with Gasteiger partial charge in [0.05, 0.1) is 11.1 Å². The van der Waals surface area contributed by atoms with Crippen molar-refractivity contribution in [1.29, 1.82) is 0 Å². The number of carbonyl (C=O) groups excluding carboxylic acids is 3. The third-order valence-electron chi connectivity index (χ3n) is 4.33. The summed E-state index contributed by atoms with van der Waals surface area (Å²) >= 11 is 0. The van der Waals surface area contributed by atoms with Crippen LogP contribution in [-0.2, 0) is 9.53 Å². The topological polar surface area (TPSA) is 106 Å². The molecule has 1 fully saturated rings. The summed E-state index contributed by atoms with van der Waals surface area (Å²) in [4.78, 5) is 49.0. The molecule has 8 heteroatoms. The Labute approximate surface area is 158 Å². The van der Waals surface area contributed by atoms with Crippen LogP contribution in [0.4, 0.5) is 16.2 Å². The minimum absolute atomic E-state index is 0.120. The maximum atomic E-state index is 12.5. The Morgan fingerprint density at radius 2 is 1.86 bits per heavy atom. The molecule has 28 heavy (non-hydrogen) atoms. The molecule has 0 atom stereocenters. The van der Waals surface area contributed by atoms with Crippen LogP contribution in [0.5, 0.6) is 0 Å². The molecule has 140 valence electrons. The molecular formula is C20H14N2O6. The van der Waals surface area contributed by atoms with Gasteiger partial charge in [-0.2, -0.15) is 0 Å². The van der Waals surface area contributed by atoms with E-state index in [1.807, 2.05) is 0 Å². The monoisotopic (exact) mass is 378 g/mol. The zero-order valence-corrected chi connectivity index (χ0v) is 14.7. The summed E-state index contributed by atoms with van der Waals surface area (Å²) in [6, 6.07) is 12.4. The lowest BCUT2D eigenvalue weighted by Crippen LogP contribution is -2.28. The molecule has 0 radical (unpaired) electrons. The van der Waals surface area contributed by atoms with E-state index in [-0.39, 0.29) is 17.8 Å². The molecular weight excluding hydrogens is 364 g/mol. The van der Waals surface area contributed by atoms with Crippen LogP contribution in [0, 0.1) is 6.92 Å². The lowest BCUT2D eigenvalue weighted by molar-refractivity contribution is -0.117. The van der Waals surface area contributed by atoms with Crippen molar-refractivity contribution in [2.45, 2.75) is 6.92 Å². The first-order chi connectivity index (χ1) is 13.4. The quantitative estimate of drug-likeness (QED) is 0.751. The Kier molecular flexibility index (Phi) is 4.15. The molecule has 0 spiro atoms. The fourth-order valence-electron chi connectivity index (χ4n) is 2.93. The van der Waals surface area contributed by atoms with E-state index in [0.29, 0.717) is 27.9 Å². The molecule has 0 saturated carbocycles. The van der Waals surface area contributed by atoms with Gasteiger partial charge in [-0.15, -0.1) is 0 Å². The number of fused-ring (bicyclic) bond motifs is 1. The summed E-state index contributed by atoms with van der Waals surface area (Å²) in [7, 11) is 0. The van der Waals surface area contributed by atoms with Gasteiger partial charge < -0.3 is 14.5 Å². The predicted octanol–water partition coefficient (Wildman–Crippen LogP) is 2.84. The summed E-state index contributed by atoms with van der Waals surface area (Å²) in [5.41, 5.74) is 1.41. The lowest BCUT2D eigenvalue weighted by atomic mass is 10.1. The second kappa shape index (κ2) is 6.66. The lowest BCUT2D eigenvalue weighted by Gasteiger charge is -2.14. The summed E-state index contributed by atoms with van der Waals surface area (Å²) in [6.45, 7) is 1.42. The Balaban J connectivity index is 1.61. The normalized spacial score (nSPS) is 13.7. The first-order valence-electron chi connectivity index (χ1n) is 8.38. The number of hydrogen-bond acceptors (Lipinski definition) is 6. The first kappa shape index (κ1) is 17.5. The molecule has 1 aliphatic rings. The average Bonchev–Trinajstić information content (AvgIpc) is 3.01. The number of nitrogens with zero attached hydrogens (tertiary/aromatic N) is 1. The molecule has 1 aliphatic heterocycles. The number of benzene rings is 2. The zero-order valence-electron chi connectivity index (χ0n) is 14.7. The standard InChI is InChI=1S/C20H14N2O6/c1-11-8-12(22-18(24)10-27-20(22)26)6-7-14(11)21-19(25)17-9-15(23)13-4-2-3-5-16(13)28-17/h2-9H,10H2,1H3,(H,21,25). The number of carbonyl (C=O) groups is 3. The van der Waals surface area contributed by atoms with Crippen molar-refractivity contribution >= 4 is 40.3 Å². The number of imide groups is 1. The number of nitrogens with one attached hydrogen (secondary N) is 1. The van der Waals surface area contributed by atoms with Crippen molar-refractivity contribution in [1.82, 2.24) is 0 Å². The Bertz CT molecular complexity index is 1180. The number of ether oxygens (including phenoxy) is 1. The van der Waals surface area contributed by atoms with Gasteiger partial charge in [0.2, 0.25) is 0 Å². The van der Waals surface area contributed by atoms with Gasteiger partial charge in [0, 0.05) is 11.8 Å². The van der Waals surface area contributed by atoms with Crippen LogP contribution < -0.4 is 15.6 Å². The number of amides is 3. The second-order valence-corrected chi connectivity index (χ2v) is 6.21. The third-order valence-corrected chi connectivity index (χ3v) is 4.33. The Morgan fingerprint density at radius 1 is 1.07 bits per heavy atom. The summed E-state index contributed by atoms with van der Waals surface area (Å²) < 4.78 is 10.2. The highest BCUT2D eigenvalue weighted by atomic mass is 16.6. The van der Waals surface area contributed by atoms with E-state index in [1.54, 1.807) is 43.3 Å². The second-order valence-electron chi connectivity index (χ2n) is 6.21. The smallest absolute Gasteiger partial charge is 0.421 e. The van der Waals surface area contributed by atoms with E-state index in [0.717, 1.165) is 11.0 Å². The first-order valence-corrected chi connectivity index (χ1v) is 8.38. The van der Waals surface area contributed by atoms with Gasteiger partial charge in [-0.05, 0) is 42.8 Å². The van der Waals surface area contributed by atoms with Gasteiger partial charge in [-0.3, -0.25) is 14.4 Å². The van der Waals surface area contributed by atoms with Crippen molar-refractivity contribution in [3.63, 3.8) is 0 Å². The molecule has 1 aromatic heterocycles. The summed E-state index contributed by atoms with van der Waals surface area (Å²) in [6.07, 6.45) is -0.737. The van der Waals surface area contributed by atoms with Gasteiger partial charge >= 0.3 is 6.09 Å². The highest BCUT2D eigenvalue weighted by Gasteiger charge is 2.32. The minimum atomic E-state index is -0.737. The number of cyclic esters (lactones) is 1. The van der Waals surface area contributed by atoms with Crippen LogP contribution in [0.25, 0.3) is 11.0 Å². The van der Waals surface area contributed by atoms with Gasteiger partial charge in [0.1, 0.15) is 5.58 Å². The summed E-state index contributed by atoms with van der Waals surface area (Å²) in [5.74, 6) is -1.17. The molecule has 2 heterocycles. The highest BCUT2D eigenvalue weighted by molar-refractivity contribution is 6.16. The third kappa shape index (κ3) is 3.01. The minimum Gasteiger partial charge on any atom is -0.451 e. The fraction of sp³-hybridized carbons (Fsp3) is 0.100. The molecule has 8 nitrogen and oxygen atoms in total.